The fourth-order valence-corrected chi connectivity index (χ4v) is 3.18. The number of benzene rings is 1. The van der Waals surface area contributed by atoms with Crippen molar-refractivity contribution in [2.75, 3.05) is 17.7 Å². The number of nitrogens with zero attached hydrogens (tertiary/aromatic N) is 4. The molecule has 0 atom stereocenters. The van der Waals surface area contributed by atoms with Gasteiger partial charge in [0.05, 0.1) is 63.2 Å². The summed E-state index contributed by atoms with van der Waals surface area (Å²) in [5, 5.41) is 16.2. The Kier molecular flexibility index (Phi) is 8.34. The lowest BCUT2D eigenvalue weighted by molar-refractivity contribution is 0.373. The maximum atomic E-state index is 9.64. The first-order valence-corrected chi connectivity index (χ1v) is 11.2. The zero-order valence-corrected chi connectivity index (χ0v) is 20.0. The average molecular weight is 507 g/mol. The molecule has 5 aromatic rings. The van der Waals surface area contributed by atoms with Crippen LogP contribution in [-0.2, 0) is 13.1 Å². The Morgan fingerprint density at radius 1 is 0.861 bits per heavy atom. The van der Waals surface area contributed by atoms with Crippen LogP contribution in [0.4, 0.5) is 11.6 Å². The molecule has 3 N–H and O–H groups in total. The van der Waals surface area contributed by atoms with Gasteiger partial charge in [0.2, 0.25) is 0 Å². The summed E-state index contributed by atoms with van der Waals surface area (Å²) in [4.78, 5) is 16.6. The van der Waals surface area contributed by atoms with Crippen molar-refractivity contribution in [1.29, 1.82) is 0 Å². The van der Waals surface area contributed by atoms with E-state index in [9.17, 15) is 5.11 Å². The topological polar surface area (TPSA) is 131 Å². The lowest BCUT2D eigenvalue weighted by atomic mass is 10.1. The number of rotatable bonds is 8. The van der Waals surface area contributed by atoms with Gasteiger partial charge in [-0.15, -0.1) is 0 Å². The van der Waals surface area contributed by atoms with Crippen molar-refractivity contribution in [3.05, 3.63) is 96.5 Å². The van der Waals surface area contributed by atoms with Crippen molar-refractivity contribution in [2.45, 2.75) is 13.1 Å². The molecule has 4 aromatic heterocycles. The number of hydrogen-bond acceptors (Lipinski definition) is 10. The Balaban J connectivity index is 0.000000187. The van der Waals surface area contributed by atoms with Gasteiger partial charge in [0.25, 0.3) is 0 Å². The highest BCUT2D eigenvalue weighted by Gasteiger charge is 2.07. The minimum absolute atomic E-state index is 0.0892. The third-order valence-corrected chi connectivity index (χ3v) is 4.94. The van der Waals surface area contributed by atoms with Gasteiger partial charge >= 0.3 is 0 Å². The molecule has 0 saturated carbocycles. The molecular formula is C25H23ClN6O4. The van der Waals surface area contributed by atoms with E-state index in [4.69, 9.17) is 25.2 Å². The molecule has 0 aliphatic rings. The highest BCUT2D eigenvalue weighted by atomic mass is 35.5. The number of hydrogen-bond donors (Lipinski definition) is 3. The zero-order valence-electron chi connectivity index (χ0n) is 19.3. The second kappa shape index (κ2) is 12.2. The van der Waals surface area contributed by atoms with Gasteiger partial charge < -0.3 is 29.3 Å². The smallest absolute Gasteiger partial charge is 0.161 e. The lowest BCUT2D eigenvalue weighted by Gasteiger charge is -2.08. The third kappa shape index (κ3) is 6.97. The van der Waals surface area contributed by atoms with Gasteiger partial charge in [-0.3, -0.25) is 9.97 Å². The maximum absolute atomic E-state index is 9.64. The molecule has 36 heavy (non-hydrogen) atoms. The third-order valence-electron chi connectivity index (χ3n) is 4.76. The second-order valence-corrected chi connectivity index (χ2v) is 7.66. The Bertz CT molecular complexity index is 1360. The molecule has 5 rings (SSSR count). The van der Waals surface area contributed by atoms with Crippen LogP contribution in [-0.4, -0.2) is 32.2 Å². The van der Waals surface area contributed by atoms with E-state index >= 15 is 0 Å². The lowest BCUT2D eigenvalue weighted by Crippen LogP contribution is -2.01. The Labute approximate surface area is 212 Å². The summed E-state index contributed by atoms with van der Waals surface area (Å²) >= 11 is 5.67. The number of halogens is 1. The van der Waals surface area contributed by atoms with E-state index in [1.165, 1.54) is 13.3 Å². The molecular weight excluding hydrogens is 484 g/mol. The Hall–Kier alpha value is -4.57. The highest BCUT2D eigenvalue weighted by Crippen LogP contribution is 2.30. The van der Waals surface area contributed by atoms with Gasteiger partial charge in [-0.2, -0.15) is 0 Å². The number of furan rings is 2. The number of anilines is 2. The monoisotopic (exact) mass is 506 g/mol. The molecule has 0 unspecified atom stereocenters. The normalized spacial score (nSPS) is 10.3. The first kappa shape index (κ1) is 24.6. The molecule has 4 heterocycles. The minimum Gasteiger partial charge on any atom is -0.504 e. The van der Waals surface area contributed by atoms with Crippen LogP contribution in [0.3, 0.4) is 0 Å². The number of phenolic OH excluding ortho intramolecular Hbond substituents is 1. The summed E-state index contributed by atoms with van der Waals surface area (Å²) in [6.07, 6.45) is 9.64. The molecule has 0 aliphatic carbocycles. The molecule has 1 aromatic carbocycles. The maximum Gasteiger partial charge on any atom is 0.161 e. The average Bonchev–Trinajstić information content (AvgIpc) is 3.62. The molecule has 0 aliphatic heterocycles. The largest absolute Gasteiger partial charge is 0.504 e. The number of aromatic nitrogens is 4. The van der Waals surface area contributed by atoms with Gasteiger partial charge in [0, 0.05) is 5.56 Å². The number of nitrogens with one attached hydrogen (secondary N) is 2. The second-order valence-electron chi connectivity index (χ2n) is 7.27. The van der Waals surface area contributed by atoms with E-state index in [0.29, 0.717) is 41.3 Å². The minimum atomic E-state index is 0.0892. The van der Waals surface area contributed by atoms with Gasteiger partial charge in [-0.25, -0.2) is 9.97 Å². The highest BCUT2D eigenvalue weighted by molar-refractivity contribution is 6.29. The zero-order chi connectivity index (χ0) is 25.2. The van der Waals surface area contributed by atoms with Crippen LogP contribution in [0, 0.1) is 0 Å². The van der Waals surface area contributed by atoms with E-state index in [-0.39, 0.29) is 5.75 Å². The van der Waals surface area contributed by atoms with Crippen LogP contribution in [0.15, 0.2) is 88.6 Å². The standard InChI is InChI=1S/C16H15N3O3.C9H8ClN3O/c1-21-15-7-11(4-5-14(15)20)13-9-17-10-16(19-13)18-8-12-3-2-6-22-12;10-8-5-11-6-9(13-8)12-4-7-2-1-3-14-7/h2-7,9-10,20H,8H2,1H3,(H,18,19);1-3,5-6H,4H2,(H,12,13). The number of aromatic hydroxyl groups is 1. The number of ether oxygens (including phenoxy) is 1. The first-order valence-electron chi connectivity index (χ1n) is 10.8. The predicted molar refractivity (Wildman–Crippen MR) is 135 cm³/mol. The van der Waals surface area contributed by atoms with E-state index in [1.807, 2.05) is 24.3 Å². The van der Waals surface area contributed by atoms with Crippen molar-refractivity contribution in [3.63, 3.8) is 0 Å². The van der Waals surface area contributed by atoms with Gasteiger partial charge in [-0.1, -0.05) is 11.6 Å². The van der Waals surface area contributed by atoms with Crippen LogP contribution in [0.2, 0.25) is 5.15 Å². The summed E-state index contributed by atoms with van der Waals surface area (Å²) in [5.41, 5.74) is 1.49. The molecule has 0 fully saturated rings. The van der Waals surface area contributed by atoms with Crippen molar-refractivity contribution < 1.29 is 18.7 Å². The Morgan fingerprint density at radius 3 is 2.08 bits per heavy atom. The van der Waals surface area contributed by atoms with E-state index in [0.717, 1.165) is 17.1 Å². The van der Waals surface area contributed by atoms with Crippen molar-refractivity contribution in [3.8, 4) is 22.8 Å². The summed E-state index contributed by atoms with van der Waals surface area (Å²) in [6.45, 7) is 1.10. The number of phenols is 1. The molecule has 0 spiro atoms. The van der Waals surface area contributed by atoms with Gasteiger partial charge in [0.15, 0.2) is 11.5 Å². The van der Waals surface area contributed by atoms with E-state index in [1.54, 1.807) is 49.3 Å². The number of methoxy groups -OCH3 is 1. The van der Waals surface area contributed by atoms with Crippen molar-refractivity contribution >= 4 is 23.2 Å². The van der Waals surface area contributed by atoms with Crippen LogP contribution in [0.25, 0.3) is 11.3 Å². The van der Waals surface area contributed by atoms with Crippen LogP contribution >= 0.6 is 11.6 Å². The van der Waals surface area contributed by atoms with E-state index < -0.39 is 0 Å². The van der Waals surface area contributed by atoms with Gasteiger partial charge in [-0.05, 0) is 42.5 Å². The summed E-state index contributed by atoms with van der Waals surface area (Å²) in [6, 6.07) is 12.5. The molecule has 0 saturated heterocycles. The van der Waals surface area contributed by atoms with Crippen molar-refractivity contribution in [2.24, 2.45) is 0 Å². The van der Waals surface area contributed by atoms with Crippen LogP contribution < -0.4 is 15.4 Å². The molecule has 0 bridgehead atoms. The SMILES string of the molecule is COc1cc(-c2cncc(NCc3ccco3)n2)ccc1O.Clc1cncc(NCc2ccco2)n1. The van der Waals surface area contributed by atoms with E-state index in [2.05, 4.69) is 30.6 Å². The summed E-state index contributed by atoms with van der Waals surface area (Å²) < 4.78 is 15.5. The Morgan fingerprint density at radius 2 is 1.50 bits per heavy atom. The van der Waals surface area contributed by atoms with Crippen LogP contribution in [0.1, 0.15) is 11.5 Å². The quantitative estimate of drug-likeness (QED) is 0.251. The molecule has 0 amide bonds. The fraction of sp³-hybridized carbons (Fsp3) is 0.120. The summed E-state index contributed by atoms with van der Waals surface area (Å²) in [5.74, 6) is 3.42. The first-order chi connectivity index (χ1) is 17.6. The fourth-order valence-electron chi connectivity index (χ4n) is 3.04. The summed E-state index contributed by atoms with van der Waals surface area (Å²) in [7, 11) is 1.51. The predicted octanol–water partition coefficient (Wildman–Crippen LogP) is 5.40. The van der Waals surface area contributed by atoms with Crippen molar-refractivity contribution in [1.82, 2.24) is 19.9 Å². The molecule has 10 nitrogen and oxygen atoms in total. The molecule has 184 valence electrons. The van der Waals surface area contributed by atoms with Gasteiger partial charge in [0.1, 0.15) is 28.3 Å². The molecule has 11 heteroatoms. The van der Waals surface area contributed by atoms with Crippen LogP contribution in [0.5, 0.6) is 11.5 Å². The molecule has 0 radical (unpaired) electrons.